The van der Waals surface area contributed by atoms with Crippen LogP contribution in [0.3, 0.4) is 0 Å². The van der Waals surface area contributed by atoms with Crippen molar-refractivity contribution in [3.05, 3.63) is 41.5 Å². The zero-order valence-corrected chi connectivity index (χ0v) is 17.1. The molecule has 0 bridgehead atoms. The number of aromatic nitrogens is 3. The van der Waals surface area contributed by atoms with Gasteiger partial charge in [0.2, 0.25) is 0 Å². The zero-order chi connectivity index (χ0) is 22.7. The molecule has 0 spiro atoms. The number of carbonyl (C=O) groups excluding carboxylic acids is 1. The van der Waals surface area contributed by atoms with Crippen LogP contribution in [-0.2, 0) is 15.7 Å². The molecule has 12 heteroatoms. The summed E-state index contributed by atoms with van der Waals surface area (Å²) in [4.78, 5) is 14.9. The van der Waals surface area contributed by atoms with Gasteiger partial charge in [-0.2, -0.15) is 13.2 Å². The number of hydrogen-bond donors (Lipinski definition) is 1. The van der Waals surface area contributed by atoms with Crippen LogP contribution >= 0.6 is 0 Å². The first-order valence-corrected chi connectivity index (χ1v) is 10.3. The molecule has 2 aromatic rings. The molecule has 0 saturated carbocycles. The molecular weight excluding hydrogens is 434 g/mol. The maximum Gasteiger partial charge on any atom is 0.435 e. The lowest BCUT2D eigenvalue weighted by molar-refractivity contribution is -0.143. The van der Waals surface area contributed by atoms with Gasteiger partial charge in [-0.3, -0.25) is 9.69 Å². The molecule has 32 heavy (non-hydrogen) atoms. The monoisotopic (exact) mass is 457 g/mol. The highest BCUT2D eigenvalue weighted by molar-refractivity contribution is 5.93. The van der Waals surface area contributed by atoms with Crippen molar-refractivity contribution in [2.45, 2.75) is 18.6 Å². The Bertz CT molecular complexity index is 922. The largest absolute Gasteiger partial charge is 0.435 e. The van der Waals surface area contributed by atoms with E-state index in [-0.39, 0.29) is 24.2 Å². The second-order valence-corrected chi connectivity index (χ2v) is 7.72. The van der Waals surface area contributed by atoms with Gasteiger partial charge in [0.1, 0.15) is 5.82 Å². The fourth-order valence-electron chi connectivity index (χ4n) is 4.09. The number of nitrogens with one attached hydrogen (secondary N) is 1. The van der Waals surface area contributed by atoms with E-state index >= 15 is 0 Å². The Morgan fingerprint density at radius 1 is 1.16 bits per heavy atom. The molecule has 1 aromatic carbocycles. The van der Waals surface area contributed by atoms with E-state index in [1.807, 2.05) is 0 Å². The highest BCUT2D eigenvalue weighted by Gasteiger charge is 2.42. The van der Waals surface area contributed by atoms with Crippen molar-refractivity contribution in [3.63, 3.8) is 0 Å². The molecule has 0 aliphatic carbocycles. The maximum absolute atomic E-state index is 13.8. The van der Waals surface area contributed by atoms with Crippen LogP contribution in [0.15, 0.2) is 24.3 Å². The van der Waals surface area contributed by atoms with E-state index < -0.39 is 29.3 Å². The van der Waals surface area contributed by atoms with E-state index in [0.717, 1.165) is 30.7 Å². The number of benzene rings is 1. The zero-order valence-electron chi connectivity index (χ0n) is 17.1. The fourth-order valence-corrected chi connectivity index (χ4v) is 4.09. The Morgan fingerprint density at radius 3 is 2.50 bits per heavy atom. The molecule has 1 amide bonds. The van der Waals surface area contributed by atoms with Crippen LogP contribution < -0.4 is 5.32 Å². The van der Waals surface area contributed by atoms with Gasteiger partial charge in [-0.15, -0.1) is 5.10 Å². The van der Waals surface area contributed by atoms with Crippen molar-refractivity contribution >= 4 is 5.91 Å². The number of nitrogens with zero attached hydrogens (tertiary/aromatic N) is 4. The van der Waals surface area contributed by atoms with Crippen LogP contribution in [-0.4, -0.2) is 77.9 Å². The first-order chi connectivity index (χ1) is 15.3. The fraction of sp³-hybridized carbons (Fsp3) is 0.550. The first kappa shape index (κ1) is 22.6. The van der Waals surface area contributed by atoms with Crippen LogP contribution in [0.25, 0.3) is 5.69 Å². The molecule has 2 fully saturated rings. The topological polar surface area (TPSA) is 81.5 Å². The van der Waals surface area contributed by atoms with Crippen molar-refractivity contribution in [1.82, 2.24) is 25.2 Å². The predicted octanol–water partition coefficient (Wildman–Crippen LogP) is 1.89. The van der Waals surface area contributed by atoms with Gasteiger partial charge in [0.25, 0.3) is 5.91 Å². The Labute approximate surface area is 181 Å². The van der Waals surface area contributed by atoms with Gasteiger partial charge in [-0.1, -0.05) is 5.21 Å². The van der Waals surface area contributed by atoms with Crippen molar-refractivity contribution in [2.24, 2.45) is 5.92 Å². The molecule has 2 unspecified atom stereocenters. The Kier molecular flexibility index (Phi) is 6.72. The summed E-state index contributed by atoms with van der Waals surface area (Å²) in [7, 11) is 0. The summed E-state index contributed by atoms with van der Waals surface area (Å²) in [5.74, 6) is -1.42. The minimum absolute atomic E-state index is 0.0560. The minimum atomic E-state index is -4.90. The summed E-state index contributed by atoms with van der Waals surface area (Å²) >= 11 is 0. The van der Waals surface area contributed by atoms with E-state index in [4.69, 9.17) is 9.47 Å². The number of carbonyl (C=O) groups is 1. The second-order valence-electron chi connectivity index (χ2n) is 7.72. The molecule has 4 rings (SSSR count). The summed E-state index contributed by atoms with van der Waals surface area (Å²) in [5, 5.41) is 9.62. The van der Waals surface area contributed by atoms with Gasteiger partial charge >= 0.3 is 6.18 Å². The summed E-state index contributed by atoms with van der Waals surface area (Å²) in [6.45, 7) is 3.76. The Hall–Kier alpha value is -2.57. The van der Waals surface area contributed by atoms with Crippen LogP contribution in [0.5, 0.6) is 0 Å². The van der Waals surface area contributed by atoms with Gasteiger partial charge in [0.15, 0.2) is 11.4 Å². The first-order valence-electron chi connectivity index (χ1n) is 10.3. The Balaban J connectivity index is 1.55. The summed E-state index contributed by atoms with van der Waals surface area (Å²) < 4.78 is 66.0. The van der Waals surface area contributed by atoms with Gasteiger partial charge in [-0.05, 0) is 30.7 Å². The highest BCUT2D eigenvalue weighted by Crippen LogP contribution is 2.33. The van der Waals surface area contributed by atoms with E-state index in [1.54, 1.807) is 0 Å². The lowest BCUT2D eigenvalue weighted by atomic mass is 9.97. The average Bonchev–Trinajstić information content (AvgIpc) is 3.45. The Morgan fingerprint density at radius 2 is 1.88 bits per heavy atom. The third-order valence-electron chi connectivity index (χ3n) is 5.72. The lowest BCUT2D eigenvalue weighted by Gasteiger charge is -2.37. The number of hydrogen-bond acceptors (Lipinski definition) is 6. The van der Waals surface area contributed by atoms with Crippen molar-refractivity contribution < 1.29 is 31.8 Å². The number of rotatable bonds is 6. The summed E-state index contributed by atoms with van der Waals surface area (Å²) in [6, 6.07) is 4.19. The number of alkyl halides is 3. The van der Waals surface area contributed by atoms with Crippen LogP contribution in [0.2, 0.25) is 0 Å². The van der Waals surface area contributed by atoms with Gasteiger partial charge in [0, 0.05) is 38.2 Å². The normalized spacial score (nSPS) is 20.9. The molecule has 1 N–H and O–H groups in total. The molecule has 2 atom stereocenters. The quantitative estimate of drug-likeness (QED) is 0.668. The highest BCUT2D eigenvalue weighted by atomic mass is 19.4. The minimum Gasteiger partial charge on any atom is -0.381 e. The number of ether oxygens (including phenoxy) is 2. The van der Waals surface area contributed by atoms with Crippen LogP contribution in [0, 0.1) is 11.7 Å². The number of halogens is 4. The van der Waals surface area contributed by atoms with Crippen molar-refractivity contribution in [2.75, 3.05) is 46.1 Å². The predicted molar refractivity (Wildman–Crippen MR) is 104 cm³/mol. The molecule has 0 radical (unpaired) electrons. The molecule has 2 aliphatic heterocycles. The van der Waals surface area contributed by atoms with Gasteiger partial charge < -0.3 is 14.8 Å². The third kappa shape index (κ3) is 4.92. The lowest BCUT2D eigenvalue weighted by Crippen LogP contribution is -2.52. The molecule has 2 saturated heterocycles. The van der Waals surface area contributed by atoms with Gasteiger partial charge in [0.05, 0.1) is 25.5 Å². The SMILES string of the molecule is O=C(NCC(C1CCOC1)N1CCOCC1)c1nnn(-c2ccc(F)cc2)c1C(F)(F)F. The molecule has 3 heterocycles. The summed E-state index contributed by atoms with van der Waals surface area (Å²) in [5.41, 5.74) is -2.20. The molecule has 2 aliphatic rings. The van der Waals surface area contributed by atoms with E-state index in [1.165, 1.54) is 0 Å². The maximum atomic E-state index is 13.8. The van der Waals surface area contributed by atoms with Gasteiger partial charge in [-0.25, -0.2) is 9.07 Å². The van der Waals surface area contributed by atoms with Crippen molar-refractivity contribution in [3.8, 4) is 5.69 Å². The van der Waals surface area contributed by atoms with Crippen LogP contribution in [0.1, 0.15) is 22.6 Å². The molecular formula is C20H23F4N5O3. The van der Waals surface area contributed by atoms with Crippen molar-refractivity contribution in [1.29, 1.82) is 0 Å². The van der Waals surface area contributed by atoms with E-state index in [0.29, 0.717) is 44.2 Å². The van der Waals surface area contributed by atoms with E-state index in [9.17, 15) is 22.4 Å². The number of amides is 1. The smallest absolute Gasteiger partial charge is 0.381 e. The molecule has 8 nitrogen and oxygen atoms in total. The average molecular weight is 457 g/mol. The molecule has 1 aromatic heterocycles. The standard InChI is InChI=1S/C20H23F4N5O3/c21-14-1-3-15(4-2-14)29-18(20(22,23)24)17(26-27-29)19(30)25-11-16(13-5-8-32-12-13)28-6-9-31-10-7-28/h1-4,13,16H,5-12H2,(H,25,30). The molecule has 174 valence electrons. The third-order valence-corrected chi connectivity index (χ3v) is 5.72. The second kappa shape index (κ2) is 9.51. The number of morpholine rings is 1. The van der Waals surface area contributed by atoms with Crippen LogP contribution in [0.4, 0.5) is 17.6 Å². The van der Waals surface area contributed by atoms with E-state index in [2.05, 4.69) is 20.5 Å². The summed E-state index contributed by atoms with van der Waals surface area (Å²) in [6.07, 6.45) is -4.08.